The molecule has 1 atom stereocenters. The number of aromatic nitrogens is 1. The molecule has 4 nitrogen and oxygen atoms in total. The van der Waals surface area contributed by atoms with Crippen LogP contribution in [0.25, 0.3) is 0 Å². The first-order chi connectivity index (χ1) is 12.1. The highest BCUT2D eigenvalue weighted by Crippen LogP contribution is 2.33. The fraction of sp³-hybridized carbons (Fsp3) is 0.429. The molecule has 2 aliphatic rings. The van der Waals surface area contributed by atoms with Crippen LogP contribution in [0.3, 0.4) is 0 Å². The Morgan fingerprint density at radius 3 is 2.56 bits per heavy atom. The lowest BCUT2D eigenvalue weighted by Gasteiger charge is -2.32. The Morgan fingerprint density at radius 1 is 1.08 bits per heavy atom. The van der Waals surface area contributed by atoms with Crippen LogP contribution in [0.1, 0.15) is 42.7 Å². The molecule has 1 fully saturated rings. The van der Waals surface area contributed by atoms with Gasteiger partial charge in [-0.1, -0.05) is 25.1 Å². The van der Waals surface area contributed by atoms with E-state index in [1.165, 1.54) is 18.4 Å². The fourth-order valence-corrected chi connectivity index (χ4v) is 3.96. The maximum Gasteiger partial charge on any atom is 0.277 e. The lowest BCUT2D eigenvalue weighted by Crippen LogP contribution is -2.36. The summed E-state index contributed by atoms with van der Waals surface area (Å²) in [4.78, 5) is 21.8. The summed E-state index contributed by atoms with van der Waals surface area (Å²) < 4.78 is 0. The second kappa shape index (κ2) is 6.51. The SMILES string of the molecule is CC1CCN(c2ccc(C(=O)N3c4ccccc4CC3C)nc2)CC1. The first kappa shape index (κ1) is 16.1. The Balaban J connectivity index is 1.53. The fourth-order valence-electron chi connectivity index (χ4n) is 3.96. The number of anilines is 2. The quantitative estimate of drug-likeness (QED) is 0.835. The molecule has 1 unspecified atom stereocenters. The molecule has 0 spiro atoms. The normalized spacial score (nSPS) is 20.6. The van der Waals surface area contributed by atoms with Gasteiger partial charge < -0.3 is 9.80 Å². The molecule has 4 heteroatoms. The van der Waals surface area contributed by atoms with Crippen LogP contribution < -0.4 is 9.80 Å². The van der Waals surface area contributed by atoms with Gasteiger partial charge in [0.05, 0.1) is 11.9 Å². The lowest BCUT2D eigenvalue weighted by molar-refractivity contribution is 0.0976. The molecule has 0 radical (unpaired) electrons. The van der Waals surface area contributed by atoms with Crippen LogP contribution in [0, 0.1) is 5.92 Å². The summed E-state index contributed by atoms with van der Waals surface area (Å²) in [5.74, 6) is 0.804. The minimum atomic E-state index is -0.00346. The highest BCUT2D eigenvalue weighted by molar-refractivity contribution is 6.06. The van der Waals surface area contributed by atoms with Gasteiger partial charge in [0, 0.05) is 24.8 Å². The number of benzene rings is 1. The lowest BCUT2D eigenvalue weighted by atomic mass is 9.99. The molecular weight excluding hydrogens is 310 g/mol. The molecule has 3 heterocycles. The first-order valence-electron chi connectivity index (χ1n) is 9.26. The summed E-state index contributed by atoms with van der Waals surface area (Å²) in [7, 11) is 0. The highest BCUT2D eigenvalue weighted by Gasteiger charge is 2.31. The highest BCUT2D eigenvalue weighted by atomic mass is 16.2. The van der Waals surface area contributed by atoms with Crippen molar-refractivity contribution in [3.8, 4) is 0 Å². The van der Waals surface area contributed by atoms with Crippen molar-refractivity contribution in [2.24, 2.45) is 5.92 Å². The van der Waals surface area contributed by atoms with Crippen molar-refractivity contribution in [3.05, 3.63) is 53.9 Å². The Kier molecular flexibility index (Phi) is 4.20. The van der Waals surface area contributed by atoms with Crippen molar-refractivity contribution in [2.45, 2.75) is 39.2 Å². The molecular formula is C21H25N3O. The van der Waals surface area contributed by atoms with Crippen LogP contribution in [0.5, 0.6) is 0 Å². The molecule has 2 aliphatic heterocycles. The predicted molar refractivity (Wildman–Crippen MR) is 101 cm³/mol. The van der Waals surface area contributed by atoms with Gasteiger partial charge in [0.25, 0.3) is 5.91 Å². The number of pyridine rings is 1. The zero-order chi connectivity index (χ0) is 17.4. The maximum atomic E-state index is 13.0. The van der Waals surface area contributed by atoms with Crippen LogP contribution in [-0.2, 0) is 6.42 Å². The van der Waals surface area contributed by atoms with Crippen LogP contribution in [0.4, 0.5) is 11.4 Å². The Labute approximate surface area is 149 Å². The van der Waals surface area contributed by atoms with E-state index in [1.54, 1.807) is 0 Å². The Bertz CT molecular complexity index is 763. The molecule has 0 saturated carbocycles. The van der Waals surface area contributed by atoms with Gasteiger partial charge in [0.15, 0.2) is 0 Å². The third-order valence-electron chi connectivity index (χ3n) is 5.54. The van der Waals surface area contributed by atoms with E-state index in [0.29, 0.717) is 5.69 Å². The number of carbonyl (C=O) groups excluding carboxylic acids is 1. The van der Waals surface area contributed by atoms with Crippen LogP contribution in [-0.4, -0.2) is 30.0 Å². The van der Waals surface area contributed by atoms with Crippen LogP contribution >= 0.6 is 0 Å². The third-order valence-corrected chi connectivity index (χ3v) is 5.54. The molecule has 0 N–H and O–H groups in total. The minimum absolute atomic E-state index is 0.00346. The number of nitrogens with zero attached hydrogens (tertiary/aromatic N) is 3. The molecule has 1 aromatic heterocycles. The molecule has 130 valence electrons. The number of rotatable bonds is 2. The summed E-state index contributed by atoms with van der Waals surface area (Å²) in [6.45, 7) is 6.56. The van der Waals surface area contributed by atoms with Gasteiger partial charge in [0.1, 0.15) is 5.69 Å². The van der Waals surface area contributed by atoms with E-state index < -0.39 is 0 Å². The molecule has 0 aliphatic carbocycles. The average Bonchev–Trinajstić information content (AvgIpc) is 2.97. The second-order valence-electron chi connectivity index (χ2n) is 7.43. The van der Waals surface area contributed by atoms with Gasteiger partial charge in [-0.3, -0.25) is 4.79 Å². The molecule has 1 aromatic carbocycles. The molecule has 1 saturated heterocycles. The Hall–Kier alpha value is -2.36. The third kappa shape index (κ3) is 3.01. The van der Waals surface area contributed by atoms with Gasteiger partial charge in [-0.05, 0) is 55.9 Å². The van der Waals surface area contributed by atoms with Gasteiger partial charge in [-0.25, -0.2) is 4.98 Å². The molecule has 1 amide bonds. The summed E-state index contributed by atoms with van der Waals surface area (Å²) in [5.41, 5.74) is 3.91. The van der Waals surface area contributed by atoms with Gasteiger partial charge in [-0.15, -0.1) is 0 Å². The maximum absolute atomic E-state index is 13.0. The summed E-state index contributed by atoms with van der Waals surface area (Å²) in [6, 6.07) is 12.3. The van der Waals surface area contributed by atoms with Crippen molar-refractivity contribution in [1.82, 2.24) is 4.98 Å². The van der Waals surface area contributed by atoms with Gasteiger partial charge in [-0.2, -0.15) is 0 Å². The summed E-state index contributed by atoms with van der Waals surface area (Å²) in [5, 5.41) is 0. The van der Waals surface area contributed by atoms with Crippen LogP contribution in [0.2, 0.25) is 0 Å². The van der Waals surface area contributed by atoms with Crippen LogP contribution in [0.15, 0.2) is 42.6 Å². The first-order valence-corrected chi connectivity index (χ1v) is 9.26. The number of para-hydroxylation sites is 1. The minimum Gasteiger partial charge on any atom is -0.370 e. The van der Waals surface area contributed by atoms with E-state index in [9.17, 15) is 4.79 Å². The van der Waals surface area contributed by atoms with E-state index in [0.717, 1.165) is 36.8 Å². The predicted octanol–water partition coefficient (Wildman–Crippen LogP) is 3.91. The van der Waals surface area contributed by atoms with Crippen molar-refractivity contribution >= 4 is 17.3 Å². The van der Waals surface area contributed by atoms with E-state index >= 15 is 0 Å². The zero-order valence-electron chi connectivity index (χ0n) is 15.0. The molecule has 25 heavy (non-hydrogen) atoms. The number of hydrogen-bond donors (Lipinski definition) is 0. The summed E-state index contributed by atoms with van der Waals surface area (Å²) >= 11 is 0. The molecule has 4 rings (SSSR count). The van der Waals surface area contributed by atoms with E-state index in [4.69, 9.17) is 0 Å². The largest absolute Gasteiger partial charge is 0.370 e. The summed E-state index contributed by atoms with van der Waals surface area (Å²) in [6.07, 6.45) is 5.22. The monoisotopic (exact) mass is 335 g/mol. The number of carbonyl (C=O) groups is 1. The van der Waals surface area contributed by atoms with Crippen molar-refractivity contribution in [1.29, 1.82) is 0 Å². The van der Waals surface area contributed by atoms with Gasteiger partial charge in [0.2, 0.25) is 0 Å². The standard InChI is InChI=1S/C21H25N3O/c1-15-9-11-23(12-10-15)18-7-8-19(22-14-18)21(25)24-16(2)13-17-5-3-4-6-20(17)24/h3-8,14-16H,9-13H2,1-2H3. The number of piperidine rings is 1. The number of hydrogen-bond acceptors (Lipinski definition) is 3. The number of fused-ring (bicyclic) bond motifs is 1. The average molecular weight is 335 g/mol. The van der Waals surface area contributed by atoms with Crippen molar-refractivity contribution in [2.75, 3.05) is 22.9 Å². The zero-order valence-corrected chi connectivity index (χ0v) is 15.0. The smallest absolute Gasteiger partial charge is 0.277 e. The number of amides is 1. The van der Waals surface area contributed by atoms with E-state index in [-0.39, 0.29) is 11.9 Å². The topological polar surface area (TPSA) is 36.4 Å². The second-order valence-corrected chi connectivity index (χ2v) is 7.43. The van der Waals surface area contributed by atoms with Crippen molar-refractivity contribution < 1.29 is 4.79 Å². The molecule has 0 bridgehead atoms. The van der Waals surface area contributed by atoms with E-state index in [1.807, 2.05) is 41.4 Å². The van der Waals surface area contributed by atoms with Gasteiger partial charge >= 0.3 is 0 Å². The van der Waals surface area contributed by atoms with E-state index in [2.05, 4.69) is 29.8 Å². The Morgan fingerprint density at radius 2 is 1.84 bits per heavy atom. The molecule has 2 aromatic rings. The van der Waals surface area contributed by atoms with Crippen molar-refractivity contribution in [3.63, 3.8) is 0 Å².